The zero-order valence-electron chi connectivity index (χ0n) is 16.8. The van der Waals surface area contributed by atoms with Crippen LogP contribution in [0.5, 0.6) is 0 Å². The van der Waals surface area contributed by atoms with Gasteiger partial charge in [-0.3, -0.25) is 14.7 Å². The summed E-state index contributed by atoms with van der Waals surface area (Å²) in [5.41, 5.74) is 0. The van der Waals surface area contributed by atoms with Crippen LogP contribution in [0.15, 0.2) is 27.8 Å². The Morgan fingerprint density at radius 1 is 1.29 bits per heavy atom. The van der Waals surface area contributed by atoms with Gasteiger partial charge in [-0.2, -0.15) is 0 Å². The molecule has 0 atom stereocenters. The number of guanidine groups is 1. The number of nitrogens with zero attached hydrogens (tertiary/aromatic N) is 4. The number of hydrogen-bond acceptors (Lipinski definition) is 5. The molecule has 9 heteroatoms. The minimum absolute atomic E-state index is 0. The fourth-order valence-electron chi connectivity index (χ4n) is 3.45. The second-order valence-electron chi connectivity index (χ2n) is 6.99. The first-order valence-corrected chi connectivity index (χ1v) is 9.74. The van der Waals surface area contributed by atoms with E-state index in [-0.39, 0.29) is 29.9 Å². The lowest BCUT2D eigenvalue weighted by Crippen LogP contribution is -2.54. The van der Waals surface area contributed by atoms with Crippen LogP contribution < -0.4 is 5.32 Å². The molecule has 1 amide bonds. The summed E-state index contributed by atoms with van der Waals surface area (Å²) in [4.78, 5) is 23.3. The first-order chi connectivity index (χ1) is 13.2. The summed E-state index contributed by atoms with van der Waals surface area (Å²) in [5.74, 6) is 1.27. The van der Waals surface area contributed by atoms with Crippen LogP contribution in [0, 0.1) is 0 Å². The van der Waals surface area contributed by atoms with Crippen LogP contribution in [-0.2, 0) is 4.74 Å². The zero-order chi connectivity index (χ0) is 19.1. The van der Waals surface area contributed by atoms with Crippen molar-refractivity contribution < 1.29 is 13.9 Å². The molecule has 1 aliphatic heterocycles. The summed E-state index contributed by atoms with van der Waals surface area (Å²) in [6, 6.07) is 4.18. The lowest BCUT2D eigenvalue weighted by Gasteiger charge is -2.36. The molecule has 1 aromatic rings. The fraction of sp³-hybridized carbons (Fsp3) is 0.684. The van der Waals surface area contributed by atoms with Crippen molar-refractivity contribution in [3.05, 3.63) is 24.2 Å². The Morgan fingerprint density at radius 2 is 2.00 bits per heavy atom. The van der Waals surface area contributed by atoms with Gasteiger partial charge in [-0.25, -0.2) is 0 Å². The summed E-state index contributed by atoms with van der Waals surface area (Å²) in [5, 5.41) is 3.47. The van der Waals surface area contributed by atoms with Crippen molar-refractivity contribution in [1.29, 1.82) is 0 Å². The lowest BCUT2D eigenvalue weighted by atomic mass is 10.3. The van der Waals surface area contributed by atoms with Crippen LogP contribution in [0.4, 0.5) is 0 Å². The molecule has 0 unspecified atom stereocenters. The second kappa shape index (κ2) is 11.6. The number of piperazine rings is 1. The minimum Gasteiger partial charge on any atom is -0.459 e. The maximum atomic E-state index is 12.4. The van der Waals surface area contributed by atoms with Gasteiger partial charge in [-0.05, 0) is 25.0 Å². The van der Waals surface area contributed by atoms with Crippen LogP contribution >= 0.6 is 24.0 Å². The highest BCUT2D eigenvalue weighted by molar-refractivity contribution is 14.0. The largest absolute Gasteiger partial charge is 0.459 e. The van der Waals surface area contributed by atoms with Crippen molar-refractivity contribution >= 4 is 35.8 Å². The van der Waals surface area contributed by atoms with Gasteiger partial charge in [-0.1, -0.05) is 0 Å². The zero-order valence-corrected chi connectivity index (χ0v) is 19.1. The monoisotopic (exact) mass is 505 g/mol. The molecule has 0 aromatic carbocycles. The van der Waals surface area contributed by atoms with Crippen LogP contribution in [0.1, 0.15) is 23.4 Å². The van der Waals surface area contributed by atoms with Crippen LogP contribution in [-0.4, -0.2) is 99.2 Å². The molecular weight excluding hydrogens is 473 g/mol. The fourth-order valence-corrected chi connectivity index (χ4v) is 3.45. The van der Waals surface area contributed by atoms with Crippen molar-refractivity contribution in [2.75, 3.05) is 66.6 Å². The van der Waals surface area contributed by atoms with Crippen LogP contribution in [0.25, 0.3) is 0 Å². The third-order valence-corrected chi connectivity index (χ3v) is 5.14. The van der Waals surface area contributed by atoms with Crippen molar-refractivity contribution in [2.24, 2.45) is 4.99 Å². The number of carbonyl (C=O) groups is 1. The molecule has 3 rings (SSSR count). The van der Waals surface area contributed by atoms with Crippen molar-refractivity contribution in [3.63, 3.8) is 0 Å². The normalized spacial score (nSPS) is 17.6. The molecule has 0 radical (unpaired) electrons. The SMILES string of the molecule is CN=C(NCCN(CCOC)C1CC1)N1CCN(C(=O)c2ccco2)CC1.I. The molecule has 1 N–H and O–H groups in total. The number of aliphatic imine (C=N–C) groups is 1. The van der Waals surface area contributed by atoms with Gasteiger partial charge in [-0.15, -0.1) is 24.0 Å². The van der Waals surface area contributed by atoms with Gasteiger partial charge < -0.3 is 24.3 Å². The first-order valence-electron chi connectivity index (χ1n) is 9.74. The number of rotatable bonds is 8. The molecule has 28 heavy (non-hydrogen) atoms. The lowest BCUT2D eigenvalue weighted by molar-refractivity contribution is 0.0657. The molecule has 158 valence electrons. The molecule has 2 heterocycles. The van der Waals surface area contributed by atoms with Crippen LogP contribution in [0.2, 0.25) is 0 Å². The molecule has 0 bridgehead atoms. The number of halogens is 1. The van der Waals surface area contributed by atoms with E-state index < -0.39 is 0 Å². The second-order valence-corrected chi connectivity index (χ2v) is 6.99. The Bertz CT molecular complexity index is 613. The molecule has 1 saturated heterocycles. The molecule has 8 nitrogen and oxygen atoms in total. The standard InChI is InChI=1S/C19H31N5O3.HI/c1-20-19(21-7-8-22(13-15-26-2)16-5-6-16)24-11-9-23(10-12-24)18(25)17-4-3-14-27-17;/h3-4,14,16H,5-13,15H2,1-2H3,(H,20,21);1H. The van der Waals surface area contributed by atoms with Crippen molar-refractivity contribution in [2.45, 2.75) is 18.9 Å². The molecule has 2 aliphatic rings. The predicted molar refractivity (Wildman–Crippen MR) is 119 cm³/mol. The average molecular weight is 505 g/mol. The van der Waals surface area contributed by atoms with E-state index in [4.69, 9.17) is 9.15 Å². The third kappa shape index (κ3) is 6.35. The van der Waals surface area contributed by atoms with E-state index in [2.05, 4.69) is 20.1 Å². The Balaban J connectivity index is 0.00000280. The number of furan rings is 1. The Morgan fingerprint density at radius 3 is 2.57 bits per heavy atom. The summed E-state index contributed by atoms with van der Waals surface area (Å²) >= 11 is 0. The molecule has 2 fully saturated rings. The van der Waals surface area contributed by atoms with E-state index in [1.165, 1.54) is 19.1 Å². The number of hydrogen-bond donors (Lipinski definition) is 1. The van der Waals surface area contributed by atoms with E-state index in [1.54, 1.807) is 19.2 Å². The Labute approximate surface area is 184 Å². The van der Waals surface area contributed by atoms with E-state index in [9.17, 15) is 4.79 Å². The highest BCUT2D eigenvalue weighted by Crippen LogP contribution is 2.26. The van der Waals surface area contributed by atoms with Gasteiger partial charge in [0.1, 0.15) is 0 Å². The van der Waals surface area contributed by atoms with Gasteiger partial charge in [0.2, 0.25) is 0 Å². The minimum atomic E-state index is -0.0409. The molecular formula is C19H32IN5O3. The average Bonchev–Trinajstić information content (AvgIpc) is 3.40. The number of ether oxygens (including phenoxy) is 1. The highest BCUT2D eigenvalue weighted by atomic mass is 127. The van der Waals surface area contributed by atoms with E-state index in [1.807, 2.05) is 11.9 Å². The molecule has 1 saturated carbocycles. The molecule has 0 spiro atoms. The number of amides is 1. The van der Waals surface area contributed by atoms with Gasteiger partial charge in [0.15, 0.2) is 11.7 Å². The van der Waals surface area contributed by atoms with Crippen molar-refractivity contribution in [1.82, 2.24) is 20.0 Å². The number of carbonyl (C=O) groups excluding carboxylic acids is 1. The summed E-state index contributed by atoms with van der Waals surface area (Å²) in [6.45, 7) is 6.48. The Hall–Kier alpha value is -1.33. The summed E-state index contributed by atoms with van der Waals surface area (Å²) in [7, 11) is 3.56. The Kier molecular flexibility index (Phi) is 9.52. The maximum absolute atomic E-state index is 12.4. The maximum Gasteiger partial charge on any atom is 0.289 e. The smallest absolute Gasteiger partial charge is 0.289 e. The quantitative estimate of drug-likeness (QED) is 0.327. The van der Waals surface area contributed by atoms with Crippen LogP contribution in [0.3, 0.4) is 0 Å². The third-order valence-electron chi connectivity index (χ3n) is 5.14. The molecule has 1 aliphatic carbocycles. The van der Waals surface area contributed by atoms with Gasteiger partial charge in [0.05, 0.1) is 12.9 Å². The number of nitrogens with one attached hydrogen (secondary N) is 1. The van der Waals surface area contributed by atoms with Crippen molar-refractivity contribution in [3.8, 4) is 0 Å². The van der Waals surface area contributed by atoms with E-state index in [0.29, 0.717) is 18.8 Å². The summed E-state index contributed by atoms with van der Waals surface area (Å²) < 4.78 is 10.4. The summed E-state index contributed by atoms with van der Waals surface area (Å²) in [6.07, 6.45) is 4.13. The predicted octanol–water partition coefficient (Wildman–Crippen LogP) is 1.34. The number of methoxy groups -OCH3 is 1. The van der Waals surface area contributed by atoms with E-state index in [0.717, 1.165) is 51.3 Å². The van der Waals surface area contributed by atoms with Gasteiger partial charge in [0, 0.05) is 66.0 Å². The highest BCUT2D eigenvalue weighted by Gasteiger charge is 2.29. The molecule has 1 aromatic heterocycles. The first kappa shape index (κ1) is 23.0. The van der Waals surface area contributed by atoms with Gasteiger partial charge >= 0.3 is 0 Å². The topological polar surface area (TPSA) is 73.6 Å². The van der Waals surface area contributed by atoms with Gasteiger partial charge in [0.25, 0.3) is 5.91 Å². The van der Waals surface area contributed by atoms with E-state index >= 15 is 0 Å².